The van der Waals surface area contributed by atoms with Crippen LogP contribution >= 0.6 is 11.6 Å². The van der Waals surface area contributed by atoms with Crippen LogP contribution in [0.15, 0.2) is 29.5 Å². The largest absolute Gasteiger partial charge is 0.510 e. The molecule has 2 rings (SSSR count). The molecule has 0 fully saturated rings. The minimum atomic E-state index is -0.828. The van der Waals surface area contributed by atoms with E-state index in [2.05, 4.69) is 0 Å². The van der Waals surface area contributed by atoms with E-state index in [-0.39, 0.29) is 16.4 Å². The van der Waals surface area contributed by atoms with Crippen LogP contribution in [0.3, 0.4) is 0 Å². The summed E-state index contributed by atoms with van der Waals surface area (Å²) < 4.78 is 15.7. The zero-order chi connectivity index (χ0) is 21.8. The number of hydrogen-bond acceptors (Lipinski definition) is 6. The summed E-state index contributed by atoms with van der Waals surface area (Å²) in [4.78, 5) is 26.6. The van der Waals surface area contributed by atoms with E-state index in [1.54, 1.807) is 39.0 Å². The standard InChI is InChI=1S/C21H28ClNO6/c1-21(2,3)29-20(26)23(17-12-13(27-4)10-11-15(17)22)16-9-7-6-8-14(18(16)24)19(25)28-5/h10-12,16,24H,6-9H2,1-5H3. The number of halogens is 1. The van der Waals surface area contributed by atoms with E-state index in [0.29, 0.717) is 37.1 Å². The van der Waals surface area contributed by atoms with E-state index >= 15 is 0 Å². The number of benzene rings is 1. The number of nitrogens with zero attached hydrogens (tertiary/aromatic N) is 1. The number of ether oxygens (including phenoxy) is 3. The number of aliphatic hydroxyl groups excluding tert-OH is 1. The van der Waals surface area contributed by atoms with E-state index in [4.69, 9.17) is 25.8 Å². The van der Waals surface area contributed by atoms with Gasteiger partial charge in [-0.15, -0.1) is 0 Å². The molecule has 1 aromatic rings. The Morgan fingerprint density at radius 2 is 1.90 bits per heavy atom. The third-order valence-corrected chi connectivity index (χ3v) is 4.85. The highest BCUT2D eigenvalue weighted by Crippen LogP contribution is 2.37. The van der Waals surface area contributed by atoms with Crippen LogP contribution in [0, 0.1) is 0 Å². The molecular weight excluding hydrogens is 398 g/mol. The first-order valence-corrected chi connectivity index (χ1v) is 9.83. The summed E-state index contributed by atoms with van der Waals surface area (Å²) in [7, 11) is 2.76. The molecule has 1 amide bonds. The summed E-state index contributed by atoms with van der Waals surface area (Å²) in [5.41, 5.74) is -0.291. The van der Waals surface area contributed by atoms with Gasteiger partial charge in [0, 0.05) is 6.07 Å². The summed E-state index contributed by atoms with van der Waals surface area (Å²) in [5, 5.41) is 11.2. The maximum atomic E-state index is 13.2. The number of esters is 1. The van der Waals surface area contributed by atoms with Crippen molar-refractivity contribution in [3.05, 3.63) is 34.6 Å². The lowest BCUT2D eigenvalue weighted by Crippen LogP contribution is -2.45. The summed E-state index contributed by atoms with van der Waals surface area (Å²) in [6, 6.07) is 4.04. The van der Waals surface area contributed by atoms with Gasteiger partial charge in [0.05, 0.1) is 36.5 Å². The number of carbonyl (C=O) groups is 2. The number of carbonyl (C=O) groups excluding carboxylic acids is 2. The predicted molar refractivity (Wildman–Crippen MR) is 111 cm³/mol. The van der Waals surface area contributed by atoms with Gasteiger partial charge in [-0.25, -0.2) is 9.59 Å². The molecule has 7 nitrogen and oxygen atoms in total. The molecule has 1 aliphatic rings. The Morgan fingerprint density at radius 1 is 1.21 bits per heavy atom. The molecule has 0 bridgehead atoms. The van der Waals surface area contributed by atoms with Crippen LogP contribution in [-0.2, 0) is 14.3 Å². The summed E-state index contributed by atoms with van der Waals surface area (Å²) in [6.07, 6.45) is 1.48. The fourth-order valence-electron chi connectivity index (χ4n) is 3.20. The van der Waals surface area contributed by atoms with Gasteiger partial charge in [0.2, 0.25) is 0 Å². The zero-order valence-electron chi connectivity index (χ0n) is 17.5. The summed E-state index contributed by atoms with van der Waals surface area (Å²) in [6.45, 7) is 5.25. The molecule has 1 atom stereocenters. The van der Waals surface area contributed by atoms with Gasteiger partial charge >= 0.3 is 12.1 Å². The summed E-state index contributed by atoms with van der Waals surface area (Å²) in [5.74, 6) is -0.336. The third kappa shape index (κ3) is 5.56. The van der Waals surface area contributed by atoms with Crippen LogP contribution in [0.5, 0.6) is 5.75 Å². The Hall–Kier alpha value is -2.41. The predicted octanol–water partition coefficient (Wildman–Crippen LogP) is 5.02. The lowest BCUT2D eigenvalue weighted by atomic mass is 10.1. The van der Waals surface area contributed by atoms with E-state index in [0.717, 1.165) is 0 Å². The average Bonchev–Trinajstić information content (AvgIpc) is 2.83. The van der Waals surface area contributed by atoms with E-state index in [1.165, 1.54) is 19.1 Å². The third-order valence-electron chi connectivity index (χ3n) is 4.53. The van der Waals surface area contributed by atoms with Gasteiger partial charge in [-0.3, -0.25) is 4.90 Å². The molecule has 1 unspecified atom stereocenters. The van der Waals surface area contributed by atoms with Gasteiger partial charge in [0.1, 0.15) is 17.1 Å². The highest BCUT2D eigenvalue weighted by atomic mass is 35.5. The van der Waals surface area contributed by atoms with Crippen LogP contribution in [0.2, 0.25) is 5.02 Å². The highest BCUT2D eigenvalue weighted by molar-refractivity contribution is 6.33. The van der Waals surface area contributed by atoms with Crippen molar-refractivity contribution in [3.8, 4) is 5.75 Å². The van der Waals surface area contributed by atoms with Gasteiger partial charge in [0.15, 0.2) is 0 Å². The number of hydrogen-bond donors (Lipinski definition) is 1. The second-order valence-corrected chi connectivity index (χ2v) is 8.19. The lowest BCUT2D eigenvalue weighted by Gasteiger charge is -2.34. The Bertz CT molecular complexity index is 799. The van der Waals surface area contributed by atoms with Crippen LogP contribution in [0.25, 0.3) is 0 Å². The number of rotatable bonds is 4. The fraction of sp³-hybridized carbons (Fsp3) is 0.524. The van der Waals surface area contributed by atoms with E-state index in [1.807, 2.05) is 0 Å². The Balaban J connectivity index is 2.63. The van der Waals surface area contributed by atoms with Crippen molar-refractivity contribution in [1.82, 2.24) is 0 Å². The molecule has 0 aliphatic heterocycles. The Morgan fingerprint density at radius 3 is 2.48 bits per heavy atom. The molecule has 0 aromatic heterocycles. The monoisotopic (exact) mass is 425 g/mol. The van der Waals surface area contributed by atoms with Crippen LogP contribution in [-0.4, -0.2) is 43.0 Å². The van der Waals surface area contributed by atoms with Crippen LogP contribution in [0.1, 0.15) is 46.5 Å². The molecule has 29 heavy (non-hydrogen) atoms. The molecule has 1 aliphatic carbocycles. The van der Waals surface area contributed by atoms with Crippen LogP contribution < -0.4 is 9.64 Å². The first-order valence-electron chi connectivity index (χ1n) is 9.45. The highest BCUT2D eigenvalue weighted by Gasteiger charge is 2.37. The minimum Gasteiger partial charge on any atom is -0.510 e. The van der Waals surface area contributed by atoms with Crippen molar-refractivity contribution in [2.75, 3.05) is 19.1 Å². The van der Waals surface area contributed by atoms with Crippen molar-refractivity contribution in [2.45, 2.75) is 58.1 Å². The van der Waals surface area contributed by atoms with Crippen molar-refractivity contribution in [2.24, 2.45) is 0 Å². The smallest absolute Gasteiger partial charge is 0.415 e. The second-order valence-electron chi connectivity index (χ2n) is 7.78. The van der Waals surface area contributed by atoms with Gasteiger partial charge < -0.3 is 19.3 Å². The first kappa shape index (κ1) is 22.9. The fourth-order valence-corrected chi connectivity index (χ4v) is 3.40. The topological polar surface area (TPSA) is 85.3 Å². The molecule has 0 heterocycles. The second kappa shape index (κ2) is 9.39. The van der Waals surface area contributed by atoms with Crippen molar-refractivity contribution in [3.63, 3.8) is 0 Å². The van der Waals surface area contributed by atoms with Crippen molar-refractivity contribution >= 4 is 29.4 Å². The number of methoxy groups -OCH3 is 2. The molecule has 8 heteroatoms. The van der Waals surface area contributed by atoms with Crippen molar-refractivity contribution in [1.29, 1.82) is 0 Å². The van der Waals surface area contributed by atoms with Crippen LogP contribution in [0.4, 0.5) is 10.5 Å². The zero-order valence-corrected chi connectivity index (χ0v) is 18.2. The van der Waals surface area contributed by atoms with Gasteiger partial charge in [-0.05, 0) is 52.2 Å². The first-order chi connectivity index (χ1) is 13.6. The maximum absolute atomic E-state index is 13.2. The normalized spacial score (nSPS) is 17.4. The molecule has 1 aromatic carbocycles. The molecule has 1 N–H and O–H groups in total. The number of anilines is 1. The minimum absolute atomic E-state index is 0.155. The molecule has 0 saturated heterocycles. The average molecular weight is 426 g/mol. The SMILES string of the molecule is COC(=O)C1=C(O)C(N(C(=O)OC(C)(C)C)c2cc(OC)ccc2Cl)CCCC1. The molecule has 0 spiro atoms. The molecule has 160 valence electrons. The number of amides is 1. The van der Waals surface area contributed by atoms with Gasteiger partial charge in [-0.2, -0.15) is 0 Å². The van der Waals surface area contributed by atoms with Gasteiger partial charge in [-0.1, -0.05) is 18.0 Å². The Kier molecular flexibility index (Phi) is 7.41. The lowest BCUT2D eigenvalue weighted by molar-refractivity contribution is -0.136. The van der Waals surface area contributed by atoms with E-state index < -0.39 is 23.7 Å². The maximum Gasteiger partial charge on any atom is 0.415 e. The van der Waals surface area contributed by atoms with Crippen molar-refractivity contribution < 1.29 is 28.9 Å². The Labute approximate surface area is 176 Å². The van der Waals surface area contributed by atoms with E-state index in [9.17, 15) is 14.7 Å². The molecular formula is C21H28ClNO6. The quantitative estimate of drug-likeness (QED) is 0.682. The summed E-state index contributed by atoms with van der Waals surface area (Å²) >= 11 is 6.40. The molecule has 0 radical (unpaired) electrons. The molecule has 0 saturated carbocycles. The number of aliphatic hydroxyl groups is 1. The van der Waals surface area contributed by atoms with Gasteiger partial charge in [0.25, 0.3) is 0 Å².